The number of hydrogen-bond acceptors (Lipinski definition) is 3. The number of benzene rings is 2. The molecule has 0 saturated heterocycles. The van der Waals surface area contributed by atoms with E-state index in [1.54, 1.807) is 19.2 Å². The zero-order valence-corrected chi connectivity index (χ0v) is 15.6. The molecule has 2 aromatic rings. The van der Waals surface area contributed by atoms with Gasteiger partial charge in [-0.05, 0) is 43.2 Å². The van der Waals surface area contributed by atoms with Crippen LogP contribution in [-0.2, 0) is 6.42 Å². The van der Waals surface area contributed by atoms with E-state index < -0.39 is 0 Å². The van der Waals surface area contributed by atoms with Crippen LogP contribution in [0.4, 0.5) is 10.1 Å². The van der Waals surface area contributed by atoms with Gasteiger partial charge in [0.05, 0.1) is 0 Å². The zero-order chi connectivity index (χ0) is 18.9. The van der Waals surface area contributed by atoms with Crippen molar-refractivity contribution in [1.82, 2.24) is 5.32 Å². The third-order valence-electron chi connectivity index (χ3n) is 3.74. The molecule has 0 aliphatic rings. The first-order chi connectivity index (χ1) is 12.5. The predicted molar refractivity (Wildman–Crippen MR) is 110 cm³/mol. The fourth-order valence-electron chi connectivity index (χ4n) is 2.46. The molecule has 0 unspecified atom stereocenters. The molecule has 3 nitrogen and oxygen atoms in total. The number of hydrogen-bond donors (Lipinski definition) is 2. The molecule has 136 valence electrons. The Morgan fingerprint density at radius 1 is 1.15 bits per heavy atom. The molecule has 0 fully saturated rings. The van der Waals surface area contributed by atoms with Gasteiger partial charge in [-0.2, -0.15) is 0 Å². The number of allylic oxidation sites excluding steroid dienone is 2. The number of nitrogens with zero attached hydrogens (tertiary/aromatic N) is 1. The largest absolute Gasteiger partial charge is 0.388 e. The normalized spacial score (nSPS) is 11.8. The minimum Gasteiger partial charge on any atom is -0.388 e. The summed E-state index contributed by atoms with van der Waals surface area (Å²) in [6.07, 6.45) is 4.24. The van der Waals surface area contributed by atoms with Crippen LogP contribution < -0.4 is 10.6 Å². The lowest BCUT2D eigenvalue weighted by Gasteiger charge is -2.12. The summed E-state index contributed by atoms with van der Waals surface area (Å²) in [5, 5.41) is 6.53. The SMILES string of the molecule is C=C(Cc1ccccc1F)Nc1ccc(/C(C=NC)=C/NC(C)C)cc1. The lowest BCUT2D eigenvalue weighted by molar-refractivity contribution is 0.613. The van der Waals surface area contributed by atoms with Gasteiger partial charge in [-0.15, -0.1) is 0 Å². The first-order valence-corrected chi connectivity index (χ1v) is 8.66. The molecule has 0 heterocycles. The van der Waals surface area contributed by atoms with Crippen LogP contribution in [0.5, 0.6) is 0 Å². The van der Waals surface area contributed by atoms with E-state index in [2.05, 4.69) is 36.1 Å². The fourth-order valence-corrected chi connectivity index (χ4v) is 2.46. The van der Waals surface area contributed by atoms with E-state index >= 15 is 0 Å². The monoisotopic (exact) mass is 351 g/mol. The topological polar surface area (TPSA) is 36.4 Å². The lowest BCUT2D eigenvalue weighted by atomic mass is 10.1. The van der Waals surface area contributed by atoms with E-state index in [-0.39, 0.29) is 5.82 Å². The van der Waals surface area contributed by atoms with Crippen molar-refractivity contribution in [2.45, 2.75) is 26.3 Å². The number of rotatable bonds is 8. The molecule has 0 saturated carbocycles. The van der Waals surface area contributed by atoms with E-state index in [1.807, 2.05) is 42.7 Å². The maximum atomic E-state index is 13.7. The van der Waals surface area contributed by atoms with Crippen molar-refractivity contribution < 1.29 is 4.39 Å². The number of aliphatic imine (C=N–C) groups is 1. The van der Waals surface area contributed by atoms with Gasteiger partial charge in [-0.25, -0.2) is 4.39 Å². The van der Waals surface area contributed by atoms with Gasteiger partial charge in [0.25, 0.3) is 0 Å². The van der Waals surface area contributed by atoms with E-state index in [1.165, 1.54) is 6.07 Å². The van der Waals surface area contributed by atoms with Gasteiger partial charge in [0.15, 0.2) is 0 Å². The van der Waals surface area contributed by atoms with Gasteiger partial charge in [-0.1, -0.05) is 36.9 Å². The molecular weight excluding hydrogens is 325 g/mol. The molecule has 26 heavy (non-hydrogen) atoms. The Kier molecular flexibility index (Phi) is 7.15. The van der Waals surface area contributed by atoms with Crippen molar-refractivity contribution >= 4 is 17.5 Å². The van der Waals surface area contributed by atoms with Crippen molar-refractivity contribution in [3.05, 3.63) is 84.0 Å². The molecule has 0 radical (unpaired) electrons. The summed E-state index contributed by atoms with van der Waals surface area (Å²) in [6.45, 7) is 8.18. The smallest absolute Gasteiger partial charge is 0.126 e. The van der Waals surface area contributed by atoms with Crippen LogP contribution in [0.2, 0.25) is 0 Å². The second-order valence-electron chi connectivity index (χ2n) is 6.38. The average Bonchev–Trinajstić information content (AvgIpc) is 2.61. The number of nitrogens with one attached hydrogen (secondary N) is 2. The maximum absolute atomic E-state index is 13.7. The molecule has 2 N–H and O–H groups in total. The summed E-state index contributed by atoms with van der Waals surface area (Å²) in [7, 11) is 1.76. The molecule has 4 heteroatoms. The Morgan fingerprint density at radius 3 is 2.46 bits per heavy atom. The maximum Gasteiger partial charge on any atom is 0.126 e. The van der Waals surface area contributed by atoms with Gasteiger partial charge in [0, 0.05) is 48.9 Å². The van der Waals surface area contributed by atoms with E-state index in [9.17, 15) is 4.39 Å². The van der Waals surface area contributed by atoms with Gasteiger partial charge < -0.3 is 10.6 Å². The van der Waals surface area contributed by atoms with Crippen molar-refractivity contribution in [2.24, 2.45) is 4.99 Å². The molecule has 2 rings (SSSR count). The highest BCUT2D eigenvalue weighted by Crippen LogP contribution is 2.19. The third-order valence-corrected chi connectivity index (χ3v) is 3.74. The first-order valence-electron chi connectivity index (χ1n) is 8.66. The summed E-state index contributed by atoms with van der Waals surface area (Å²) in [4.78, 5) is 4.12. The van der Waals surface area contributed by atoms with Gasteiger partial charge in [0.1, 0.15) is 5.82 Å². The van der Waals surface area contributed by atoms with Crippen molar-refractivity contribution in [3.63, 3.8) is 0 Å². The van der Waals surface area contributed by atoms with Crippen LogP contribution in [0.1, 0.15) is 25.0 Å². The molecule has 0 aromatic heterocycles. The molecule has 2 aromatic carbocycles. The minimum atomic E-state index is -0.211. The Bertz CT molecular complexity index is 789. The first kappa shape index (κ1) is 19.4. The number of halogens is 1. The molecule has 0 aliphatic heterocycles. The summed E-state index contributed by atoms with van der Waals surface area (Å²) in [5.74, 6) is -0.211. The fraction of sp³-hybridized carbons (Fsp3) is 0.227. The predicted octanol–water partition coefficient (Wildman–Crippen LogP) is 5.03. The average molecular weight is 351 g/mol. The Hall–Kier alpha value is -2.88. The highest BCUT2D eigenvalue weighted by molar-refractivity contribution is 6.09. The minimum absolute atomic E-state index is 0.211. The van der Waals surface area contributed by atoms with Gasteiger partial charge in [0.2, 0.25) is 0 Å². The molecule has 0 atom stereocenters. The highest BCUT2D eigenvalue weighted by atomic mass is 19.1. The van der Waals surface area contributed by atoms with Crippen molar-refractivity contribution in [2.75, 3.05) is 12.4 Å². The Labute approximate surface area is 155 Å². The highest BCUT2D eigenvalue weighted by Gasteiger charge is 2.04. The number of anilines is 1. The van der Waals surface area contributed by atoms with Gasteiger partial charge >= 0.3 is 0 Å². The molecule has 0 spiro atoms. The van der Waals surface area contributed by atoms with Crippen LogP contribution >= 0.6 is 0 Å². The van der Waals surface area contributed by atoms with Crippen LogP contribution in [0.15, 0.2) is 72.0 Å². The summed E-state index contributed by atoms with van der Waals surface area (Å²) >= 11 is 0. The molecule has 0 amide bonds. The Morgan fingerprint density at radius 2 is 1.85 bits per heavy atom. The molecule has 0 aliphatic carbocycles. The lowest BCUT2D eigenvalue weighted by Crippen LogP contribution is -2.16. The quantitative estimate of drug-likeness (QED) is 0.654. The van der Waals surface area contributed by atoms with Crippen LogP contribution in [0.25, 0.3) is 5.57 Å². The van der Waals surface area contributed by atoms with E-state index in [0.29, 0.717) is 18.0 Å². The van der Waals surface area contributed by atoms with E-state index in [0.717, 1.165) is 22.5 Å². The standard InChI is InChI=1S/C22H26FN3/c1-16(2)25-15-20(14-24-4)18-9-11-21(12-10-18)26-17(3)13-19-7-5-6-8-22(19)23/h5-12,14-16,25-26H,3,13H2,1-2,4H3/b20-15+,24-14?. The summed E-state index contributed by atoms with van der Waals surface area (Å²) in [5.41, 5.74) is 4.37. The van der Waals surface area contributed by atoms with E-state index in [4.69, 9.17) is 0 Å². The van der Waals surface area contributed by atoms with Crippen molar-refractivity contribution in [1.29, 1.82) is 0 Å². The molecule has 0 bridgehead atoms. The second-order valence-corrected chi connectivity index (χ2v) is 6.38. The zero-order valence-electron chi connectivity index (χ0n) is 15.6. The second kappa shape index (κ2) is 9.56. The molecular formula is C22H26FN3. The third kappa shape index (κ3) is 5.88. The van der Waals surface area contributed by atoms with Crippen LogP contribution in [0, 0.1) is 5.82 Å². The van der Waals surface area contributed by atoms with Crippen LogP contribution in [0.3, 0.4) is 0 Å². The Balaban J connectivity index is 2.05. The summed E-state index contributed by atoms with van der Waals surface area (Å²) < 4.78 is 13.7. The summed E-state index contributed by atoms with van der Waals surface area (Å²) in [6, 6.07) is 15.1. The van der Waals surface area contributed by atoms with Gasteiger partial charge in [-0.3, -0.25) is 4.99 Å². The van der Waals surface area contributed by atoms with Crippen LogP contribution in [-0.4, -0.2) is 19.3 Å². The van der Waals surface area contributed by atoms with Crippen molar-refractivity contribution in [3.8, 4) is 0 Å².